The number of amides is 2. The highest BCUT2D eigenvalue weighted by molar-refractivity contribution is 7.22. The van der Waals surface area contributed by atoms with E-state index < -0.39 is 11.8 Å². The number of nitrogens with zero attached hydrogens (tertiary/aromatic N) is 3. The van der Waals surface area contributed by atoms with Crippen LogP contribution in [0.15, 0.2) is 30.5 Å². The summed E-state index contributed by atoms with van der Waals surface area (Å²) < 4.78 is 1.04. The van der Waals surface area contributed by atoms with Gasteiger partial charge >= 0.3 is 11.8 Å². The molecule has 0 radical (unpaired) electrons. The number of nitrogen functional groups attached to an aromatic ring is 2. The molecule has 0 aliphatic carbocycles. The molecule has 1 fully saturated rings. The monoisotopic (exact) mass is 452 g/mol. The number of pyridine rings is 1. The average molecular weight is 453 g/mol. The standard InChI is InChI=1S/C23H28N6O2S/c1-3-15-10-16(11-26-20(15)24)27-21(30)22(31)29-12-13(2)4-6-17(29)8-14-5-7-19-18(9-14)28-23(25)32-19/h5,7,9-11,13,17H,3-4,6,8,12H2,1-2H3,(H2,24,26)(H2,25,28)(H,27,30)/t13-,17?/m0/s1. The van der Waals surface area contributed by atoms with Crippen LogP contribution in [-0.2, 0) is 22.4 Å². The highest BCUT2D eigenvalue weighted by atomic mass is 32.1. The number of nitrogens with one attached hydrogen (secondary N) is 1. The first kappa shape index (κ1) is 22.0. The minimum absolute atomic E-state index is 0.0476. The van der Waals surface area contributed by atoms with Gasteiger partial charge in [0.1, 0.15) is 5.82 Å². The molecule has 1 aromatic carbocycles. The summed E-state index contributed by atoms with van der Waals surface area (Å²) in [6.07, 6.45) is 4.70. The molecule has 1 unspecified atom stereocenters. The van der Waals surface area contributed by atoms with E-state index in [9.17, 15) is 9.59 Å². The molecule has 168 valence electrons. The van der Waals surface area contributed by atoms with E-state index in [1.807, 2.05) is 25.1 Å². The topological polar surface area (TPSA) is 127 Å². The number of carbonyl (C=O) groups excluding carboxylic acids is 2. The Bertz CT molecular complexity index is 1160. The lowest BCUT2D eigenvalue weighted by Gasteiger charge is -2.38. The summed E-state index contributed by atoms with van der Waals surface area (Å²) in [5, 5.41) is 3.24. The van der Waals surface area contributed by atoms with Crippen LogP contribution in [0.25, 0.3) is 10.2 Å². The number of hydrogen-bond donors (Lipinski definition) is 3. The molecule has 1 aliphatic rings. The molecule has 2 aromatic heterocycles. The van der Waals surface area contributed by atoms with Crippen LogP contribution in [-0.4, -0.2) is 39.3 Å². The fourth-order valence-corrected chi connectivity index (χ4v) is 4.96. The van der Waals surface area contributed by atoms with Crippen molar-refractivity contribution in [2.75, 3.05) is 23.3 Å². The number of benzene rings is 1. The molecule has 8 nitrogen and oxygen atoms in total. The van der Waals surface area contributed by atoms with Gasteiger partial charge in [-0.1, -0.05) is 31.3 Å². The lowest BCUT2D eigenvalue weighted by molar-refractivity contribution is -0.146. The second kappa shape index (κ2) is 9.12. The Kier molecular flexibility index (Phi) is 6.27. The molecule has 0 saturated carbocycles. The van der Waals surface area contributed by atoms with Crippen LogP contribution in [0.1, 0.15) is 37.8 Å². The highest BCUT2D eigenvalue weighted by Gasteiger charge is 2.33. The zero-order chi connectivity index (χ0) is 22.8. The van der Waals surface area contributed by atoms with Crippen molar-refractivity contribution in [1.82, 2.24) is 14.9 Å². The Hall–Kier alpha value is -3.20. The number of hydrogen-bond acceptors (Lipinski definition) is 7. The van der Waals surface area contributed by atoms with E-state index >= 15 is 0 Å². The summed E-state index contributed by atoms with van der Waals surface area (Å²) in [6.45, 7) is 4.63. The van der Waals surface area contributed by atoms with Gasteiger partial charge < -0.3 is 21.7 Å². The van der Waals surface area contributed by atoms with Crippen molar-refractivity contribution in [2.24, 2.45) is 5.92 Å². The molecule has 3 heterocycles. The number of fused-ring (bicyclic) bond motifs is 1. The van der Waals surface area contributed by atoms with Crippen LogP contribution >= 0.6 is 11.3 Å². The van der Waals surface area contributed by atoms with Crippen molar-refractivity contribution in [3.05, 3.63) is 41.6 Å². The van der Waals surface area contributed by atoms with Gasteiger partial charge in [-0.3, -0.25) is 9.59 Å². The molecule has 32 heavy (non-hydrogen) atoms. The fourth-order valence-electron chi connectivity index (χ4n) is 4.25. The third kappa shape index (κ3) is 4.67. The van der Waals surface area contributed by atoms with Crippen molar-refractivity contribution in [3.63, 3.8) is 0 Å². The Morgan fingerprint density at radius 1 is 1.25 bits per heavy atom. The lowest BCUT2D eigenvalue weighted by Crippen LogP contribution is -2.51. The summed E-state index contributed by atoms with van der Waals surface area (Å²) in [7, 11) is 0. The van der Waals surface area contributed by atoms with Crippen LogP contribution in [0.3, 0.4) is 0 Å². The molecule has 5 N–H and O–H groups in total. The van der Waals surface area contributed by atoms with Crippen LogP contribution in [0.5, 0.6) is 0 Å². The van der Waals surface area contributed by atoms with Crippen molar-refractivity contribution in [1.29, 1.82) is 0 Å². The highest BCUT2D eigenvalue weighted by Crippen LogP contribution is 2.28. The maximum absolute atomic E-state index is 13.1. The van der Waals surface area contributed by atoms with E-state index in [2.05, 4.69) is 22.2 Å². The predicted molar refractivity (Wildman–Crippen MR) is 128 cm³/mol. The molecule has 3 aromatic rings. The van der Waals surface area contributed by atoms with E-state index in [-0.39, 0.29) is 6.04 Å². The third-order valence-electron chi connectivity index (χ3n) is 5.98. The average Bonchev–Trinajstić information content (AvgIpc) is 3.15. The van der Waals surface area contributed by atoms with Gasteiger partial charge in [0.25, 0.3) is 0 Å². The van der Waals surface area contributed by atoms with Gasteiger partial charge in [0.15, 0.2) is 5.13 Å². The number of piperidine rings is 1. The maximum atomic E-state index is 13.1. The molecule has 9 heteroatoms. The number of aromatic nitrogens is 2. The van der Waals surface area contributed by atoms with Gasteiger partial charge in [0.2, 0.25) is 0 Å². The molecular formula is C23H28N6O2S. The lowest BCUT2D eigenvalue weighted by atomic mass is 9.90. The van der Waals surface area contributed by atoms with E-state index in [4.69, 9.17) is 11.5 Å². The van der Waals surface area contributed by atoms with Crippen LogP contribution in [0, 0.1) is 5.92 Å². The van der Waals surface area contributed by atoms with E-state index in [1.165, 1.54) is 17.5 Å². The van der Waals surface area contributed by atoms with Crippen molar-refractivity contribution < 1.29 is 9.59 Å². The largest absolute Gasteiger partial charge is 0.383 e. The van der Waals surface area contributed by atoms with E-state index in [1.54, 1.807) is 11.0 Å². The Morgan fingerprint density at radius 3 is 2.84 bits per heavy atom. The maximum Gasteiger partial charge on any atom is 0.313 e. The SMILES string of the molecule is CCc1cc(NC(=O)C(=O)N2C[C@@H](C)CCC2Cc2ccc3sc(N)nc3c2)cnc1N. The first-order valence-electron chi connectivity index (χ1n) is 10.8. The van der Waals surface area contributed by atoms with Gasteiger partial charge in [-0.05, 0) is 60.9 Å². The smallest absolute Gasteiger partial charge is 0.313 e. The minimum atomic E-state index is -0.652. The number of likely N-dealkylation sites (tertiary alicyclic amines) is 1. The quantitative estimate of drug-likeness (QED) is 0.522. The van der Waals surface area contributed by atoms with Crippen LogP contribution in [0.4, 0.5) is 16.6 Å². The van der Waals surface area contributed by atoms with Crippen molar-refractivity contribution in [3.8, 4) is 0 Å². The number of carbonyl (C=O) groups is 2. The number of thiazole rings is 1. The molecule has 0 bridgehead atoms. The van der Waals surface area contributed by atoms with Gasteiger partial charge in [-0.15, -0.1) is 0 Å². The molecule has 1 aliphatic heterocycles. The Morgan fingerprint density at radius 2 is 2.06 bits per heavy atom. The number of aryl methyl sites for hydroxylation is 1. The fraction of sp³-hybridized carbons (Fsp3) is 0.391. The predicted octanol–water partition coefficient (Wildman–Crippen LogP) is 3.23. The van der Waals surface area contributed by atoms with Gasteiger partial charge in [0.05, 0.1) is 22.1 Å². The summed E-state index contributed by atoms with van der Waals surface area (Å²) >= 11 is 1.46. The van der Waals surface area contributed by atoms with Crippen LogP contribution < -0.4 is 16.8 Å². The molecular weight excluding hydrogens is 424 g/mol. The molecule has 2 amide bonds. The summed E-state index contributed by atoms with van der Waals surface area (Å²) in [4.78, 5) is 36.1. The summed E-state index contributed by atoms with van der Waals surface area (Å²) in [5.74, 6) is -0.398. The first-order valence-corrected chi connectivity index (χ1v) is 11.7. The second-order valence-corrected chi connectivity index (χ2v) is 9.49. The third-order valence-corrected chi connectivity index (χ3v) is 6.84. The molecule has 1 saturated heterocycles. The van der Waals surface area contributed by atoms with Gasteiger partial charge in [-0.2, -0.15) is 0 Å². The summed E-state index contributed by atoms with van der Waals surface area (Å²) in [5.41, 5.74) is 14.9. The zero-order valence-corrected chi connectivity index (χ0v) is 19.1. The van der Waals surface area contributed by atoms with Crippen molar-refractivity contribution >= 4 is 50.0 Å². The minimum Gasteiger partial charge on any atom is -0.383 e. The second-order valence-electron chi connectivity index (χ2n) is 8.43. The zero-order valence-electron chi connectivity index (χ0n) is 18.3. The van der Waals surface area contributed by atoms with E-state index in [0.717, 1.165) is 34.2 Å². The Balaban J connectivity index is 1.50. The van der Waals surface area contributed by atoms with Crippen LogP contribution in [0.2, 0.25) is 0 Å². The first-order chi connectivity index (χ1) is 15.3. The normalized spacial score (nSPS) is 18.6. The molecule has 4 rings (SSSR count). The van der Waals surface area contributed by atoms with E-state index in [0.29, 0.717) is 41.9 Å². The molecule has 2 atom stereocenters. The van der Waals surface area contributed by atoms with Crippen molar-refractivity contribution in [2.45, 2.75) is 45.6 Å². The number of nitrogens with two attached hydrogens (primary N) is 2. The Labute approximate surface area is 191 Å². The van der Waals surface area contributed by atoms with Gasteiger partial charge in [0, 0.05) is 12.6 Å². The summed E-state index contributed by atoms with van der Waals surface area (Å²) in [6, 6.07) is 7.80. The number of rotatable bonds is 4. The van der Waals surface area contributed by atoms with Gasteiger partial charge in [-0.25, -0.2) is 9.97 Å². The molecule has 0 spiro atoms. The number of anilines is 3.